The molecule has 0 aliphatic heterocycles. The van der Waals surface area contributed by atoms with Gasteiger partial charge >= 0.3 is 5.97 Å². The van der Waals surface area contributed by atoms with Crippen molar-refractivity contribution >= 4 is 23.0 Å². The predicted octanol–water partition coefficient (Wildman–Crippen LogP) is 2.71. The van der Waals surface area contributed by atoms with Gasteiger partial charge in [-0.3, -0.25) is 4.79 Å². The standard InChI is InChI=1S/C23H18N4O4/c1-3-14-8-9-16(17(10-14)22-27-18-6-4-5-7-20(18)31-22)21(28)26-19(23(29)30-2)11-15-12-24-13-25-15/h1,4-10,12-13,19H,11H2,2H3,(H,24,25)(H,26,28)/t19-/m1/s1. The number of amides is 1. The van der Waals surface area contributed by atoms with E-state index in [1.165, 1.54) is 13.4 Å². The minimum absolute atomic E-state index is 0.194. The van der Waals surface area contributed by atoms with Crippen LogP contribution in [0.4, 0.5) is 0 Å². The number of oxazole rings is 1. The predicted molar refractivity (Wildman–Crippen MR) is 113 cm³/mol. The zero-order valence-electron chi connectivity index (χ0n) is 16.6. The summed E-state index contributed by atoms with van der Waals surface area (Å²) in [6.45, 7) is 0. The van der Waals surface area contributed by atoms with Crippen molar-refractivity contribution in [2.75, 3.05) is 7.11 Å². The van der Waals surface area contributed by atoms with E-state index in [0.29, 0.717) is 27.9 Å². The number of para-hydroxylation sites is 2. The van der Waals surface area contributed by atoms with Gasteiger partial charge in [-0.2, -0.15) is 0 Å². The topological polar surface area (TPSA) is 110 Å². The van der Waals surface area contributed by atoms with Gasteiger partial charge in [-0.1, -0.05) is 18.1 Å². The number of nitrogens with zero attached hydrogens (tertiary/aromatic N) is 2. The van der Waals surface area contributed by atoms with Crippen LogP contribution >= 0.6 is 0 Å². The number of imidazole rings is 1. The van der Waals surface area contributed by atoms with Gasteiger partial charge < -0.3 is 19.5 Å². The van der Waals surface area contributed by atoms with Crippen LogP contribution in [0, 0.1) is 12.3 Å². The molecule has 0 radical (unpaired) electrons. The van der Waals surface area contributed by atoms with E-state index in [4.69, 9.17) is 15.6 Å². The smallest absolute Gasteiger partial charge is 0.328 e. The highest BCUT2D eigenvalue weighted by atomic mass is 16.5. The van der Waals surface area contributed by atoms with Crippen LogP contribution in [0.15, 0.2) is 59.4 Å². The molecule has 0 saturated heterocycles. The van der Waals surface area contributed by atoms with Crippen molar-refractivity contribution in [1.82, 2.24) is 20.3 Å². The third-order valence-electron chi connectivity index (χ3n) is 4.73. The quantitative estimate of drug-likeness (QED) is 0.371. The summed E-state index contributed by atoms with van der Waals surface area (Å²) in [5, 5.41) is 2.72. The van der Waals surface area contributed by atoms with Gasteiger partial charge in [0.05, 0.1) is 24.6 Å². The second-order valence-electron chi connectivity index (χ2n) is 6.72. The Morgan fingerprint density at radius 1 is 1.29 bits per heavy atom. The molecule has 31 heavy (non-hydrogen) atoms. The Bertz CT molecular complexity index is 1250. The normalized spacial score (nSPS) is 11.6. The Kier molecular flexibility index (Phi) is 5.49. The molecule has 0 spiro atoms. The molecule has 2 aromatic carbocycles. The molecule has 0 saturated carbocycles. The fourth-order valence-electron chi connectivity index (χ4n) is 3.18. The number of benzene rings is 2. The summed E-state index contributed by atoms with van der Waals surface area (Å²) < 4.78 is 10.7. The second kappa shape index (κ2) is 8.55. The molecule has 4 rings (SSSR count). The van der Waals surface area contributed by atoms with E-state index in [-0.39, 0.29) is 17.9 Å². The minimum Gasteiger partial charge on any atom is -0.467 e. The number of fused-ring (bicyclic) bond motifs is 1. The molecule has 2 N–H and O–H groups in total. The van der Waals surface area contributed by atoms with E-state index in [2.05, 4.69) is 26.2 Å². The van der Waals surface area contributed by atoms with Crippen LogP contribution in [0.1, 0.15) is 21.6 Å². The number of carbonyl (C=O) groups is 2. The lowest BCUT2D eigenvalue weighted by Crippen LogP contribution is -2.43. The molecule has 1 atom stereocenters. The maximum atomic E-state index is 13.1. The second-order valence-corrected chi connectivity index (χ2v) is 6.72. The lowest BCUT2D eigenvalue weighted by atomic mass is 10.0. The third-order valence-corrected chi connectivity index (χ3v) is 4.73. The number of H-pyrrole nitrogens is 1. The molecule has 0 bridgehead atoms. The van der Waals surface area contributed by atoms with Gasteiger partial charge in [0.25, 0.3) is 5.91 Å². The van der Waals surface area contributed by atoms with Gasteiger partial charge in [-0.25, -0.2) is 14.8 Å². The molecule has 0 aliphatic rings. The Hall–Kier alpha value is -4.38. The average molecular weight is 414 g/mol. The van der Waals surface area contributed by atoms with Crippen molar-refractivity contribution < 1.29 is 18.7 Å². The number of hydrogen-bond acceptors (Lipinski definition) is 6. The van der Waals surface area contributed by atoms with E-state index < -0.39 is 17.9 Å². The van der Waals surface area contributed by atoms with Gasteiger partial charge in [0.15, 0.2) is 5.58 Å². The summed E-state index contributed by atoms with van der Waals surface area (Å²) in [5.74, 6) is 1.74. The summed E-state index contributed by atoms with van der Waals surface area (Å²) in [4.78, 5) is 36.7. The van der Waals surface area contributed by atoms with Crippen LogP contribution in [0.5, 0.6) is 0 Å². The minimum atomic E-state index is -0.915. The van der Waals surface area contributed by atoms with E-state index in [0.717, 1.165) is 0 Å². The molecule has 8 nitrogen and oxygen atoms in total. The number of aromatic nitrogens is 3. The van der Waals surface area contributed by atoms with Crippen LogP contribution in [0.2, 0.25) is 0 Å². The third kappa shape index (κ3) is 4.16. The number of ether oxygens (including phenoxy) is 1. The number of carbonyl (C=O) groups excluding carboxylic acids is 2. The average Bonchev–Trinajstić information content (AvgIpc) is 3.47. The highest BCUT2D eigenvalue weighted by Crippen LogP contribution is 2.28. The van der Waals surface area contributed by atoms with Gasteiger partial charge in [0.1, 0.15) is 11.6 Å². The van der Waals surface area contributed by atoms with Crippen LogP contribution in [0.25, 0.3) is 22.6 Å². The first-order valence-electron chi connectivity index (χ1n) is 9.41. The molecule has 8 heteroatoms. The van der Waals surface area contributed by atoms with Crippen LogP contribution < -0.4 is 5.32 Å². The van der Waals surface area contributed by atoms with E-state index in [1.54, 1.807) is 30.5 Å². The molecule has 0 unspecified atom stereocenters. The van der Waals surface area contributed by atoms with Crippen LogP contribution in [-0.4, -0.2) is 40.0 Å². The summed E-state index contributed by atoms with van der Waals surface area (Å²) in [7, 11) is 1.26. The number of nitrogens with one attached hydrogen (secondary N) is 2. The lowest BCUT2D eigenvalue weighted by molar-refractivity contribution is -0.142. The monoisotopic (exact) mass is 414 g/mol. The molecule has 2 aromatic heterocycles. The van der Waals surface area contributed by atoms with Crippen molar-refractivity contribution in [2.45, 2.75) is 12.5 Å². The number of aromatic amines is 1. The zero-order chi connectivity index (χ0) is 21.8. The van der Waals surface area contributed by atoms with Crippen molar-refractivity contribution in [3.8, 4) is 23.8 Å². The molecular formula is C23H18N4O4. The fraction of sp³-hybridized carbons (Fsp3) is 0.130. The van der Waals surface area contributed by atoms with Gasteiger partial charge in [0, 0.05) is 23.9 Å². The molecule has 154 valence electrons. The van der Waals surface area contributed by atoms with Crippen LogP contribution in [-0.2, 0) is 16.0 Å². The summed E-state index contributed by atoms with van der Waals surface area (Å²) in [5.41, 5.74) is 3.18. The Labute approximate surface area is 177 Å². The first kappa shape index (κ1) is 19.9. The maximum absolute atomic E-state index is 13.1. The number of rotatable bonds is 6. The molecule has 1 amide bonds. The van der Waals surface area contributed by atoms with Crippen LogP contribution in [0.3, 0.4) is 0 Å². The van der Waals surface area contributed by atoms with Crippen molar-refractivity contribution in [1.29, 1.82) is 0 Å². The van der Waals surface area contributed by atoms with Crippen molar-refractivity contribution in [3.05, 3.63) is 71.8 Å². The summed E-state index contributed by atoms with van der Waals surface area (Å²) in [6.07, 6.45) is 8.81. The Balaban J connectivity index is 1.70. The number of terminal acetylenes is 1. The number of hydrogen-bond donors (Lipinski definition) is 2. The molecule has 0 aliphatic carbocycles. The van der Waals surface area contributed by atoms with E-state index >= 15 is 0 Å². The molecule has 4 aromatic rings. The van der Waals surface area contributed by atoms with Crippen molar-refractivity contribution in [2.24, 2.45) is 0 Å². The molecule has 2 heterocycles. The van der Waals surface area contributed by atoms with Gasteiger partial charge in [-0.05, 0) is 30.3 Å². The summed E-state index contributed by atoms with van der Waals surface area (Å²) in [6, 6.07) is 11.2. The van der Waals surface area contributed by atoms with Gasteiger partial charge in [0.2, 0.25) is 5.89 Å². The summed E-state index contributed by atoms with van der Waals surface area (Å²) >= 11 is 0. The lowest BCUT2D eigenvalue weighted by Gasteiger charge is -2.17. The van der Waals surface area contributed by atoms with E-state index in [9.17, 15) is 9.59 Å². The highest BCUT2D eigenvalue weighted by molar-refractivity contribution is 6.02. The first-order chi connectivity index (χ1) is 15.1. The SMILES string of the molecule is C#Cc1ccc(C(=O)N[C@H](Cc2cnc[nH]2)C(=O)OC)c(-c2nc3ccccc3o2)c1. The van der Waals surface area contributed by atoms with Crippen molar-refractivity contribution in [3.63, 3.8) is 0 Å². The largest absolute Gasteiger partial charge is 0.467 e. The van der Waals surface area contributed by atoms with E-state index in [1.807, 2.05) is 18.2 Å². The van der Waals surface area contributed by atoms with Gasteiger partial charge in [-0.15, -0.1) is 6.42 Å². The molecule has 0 fully saturated rings. The number of esters is 1. The number of methoxy groups -OCH3 is 1. The first-order valence-corrected chi connectivity index (χ1v) is 9.41. The molecular weight excluding hydrogens is 396 g/mol. The maximum Gasteiger partial charge on any atom is 0.328 e. The highest BCUT2D eigenvalue weighted by Gasteiger charge is 2.25. The zero-order valence-corrected chi connectivity index (χ0v) is 16.6. The fourth-order valence-corrected chi connectivity index (χ4v) is 3.18. The Morgan fingerprint density at radius 2 is 2.13 bits per heavy atom. The Morgan fingerprint density at radius 3 is 2.84 bits per heavy atom.